The monoisotopic (exact) mass is 534 g/mol. The van der Waals surface area contributed by atoms with E-state index in [9.17, 15) is 0 Å². The van der Waals surface area contributed by atoms with E-state index in [2.05, 4.69) is 0 Å². The molecule has 0 heterocycles. The Morgan fingerprint density at radius 1 is 0.455 bits per heavy atom. The number of halogens is 7. The molecule has 0 aliphatic rings. The molecule has 56 valence electrons. The van der Waals surface area contributed by atoms with Crippen LogP contribution in [-0.2, 0) is 0 Å². The molecule has 0 fully saturated rings. The van der Waals surface area contributed by atoms with Gasteiger partial charge in [-0.1, -0.05) is 0 Å². The topological polar surface area (TPSA) is 0 Å². The molecule has 0 saturated carbocycles. The average molecular weight is 536 g/mol. The zero-order valence-electron chi connectivity index (χ0n) is 5.77. The van der Waals surface area contributed by atoms with Crippen LogP contribution in [0.5, 0.6) is 0 Å². The first kappa shape index (κ1) is 102. The fourth-order valence-electron chi connectivity index (χ4n) is 0. The maximum absolute atomic E-state index is 0. The van der Waals surface area contributed by atoms with Gasteiger partial charge in [0.05, 0.1) is 0 Å². The van der Waals surface area contributed by atoms with Gasteiger partial charge in [0.2, 0.25) is 0 Å². The zero-order chi connectivity index (χ0) is 0. The molecule has 0 rings (SSSR count). The van der Waals surface area contributed by atoms with E-state index in [4.69, 9.17) is 0 Å². The molecular weight excluding hydrogens is 536 g/mol. The molecule has 0 amide bonds. The first-order valence-electron chi connectivity index (χ1n) is 0. The summed E-state index contributed by atoms with van der Waals surface area (Å²) in [5.41, 5.74) is 0. The van der Waals surface area contributed by atoms with Gasteiger partial charge in [-0.25, -0.2) is 0 Å². The van der Waals surface area contributed by atoms with Gasteiger partial charge in [0, 0.05) is 0 Å². The van der Waals surface area contributed by atoms with Gasteiger partial charge >= 0.3 is 162 Å². The van der Waals surface area contributed by atoms with E-state index in [0.29, 0.717) is 0 Å². The molecule has 0 aromatic carbocycles. The van der Waals surface area contributed by atoms with Gasteiger partial charge in [0.1, 0.15) is 0 Å². The Morgan fingerprint density at radius 3 is 0.455 bits per heavy atom. The van der Waals surface area contributed by atoms with Crippen molar-refractivity contribution in [2.45, 2.75) is 0 Å². The van der Waals surface area contributed by atoms with Crippen LogP contribution in [0.15, 0.2) is 0 Å². The van der Waals surface area contributed by atoms with Crippen LogP contribution in [-0.4, -0.2) is 132 Å². The standard InChI is InChI=1S/Ba.Ca.7ClH.Na.Sr/h;;7*1H;;/q2*+2;;;;;;;;+1;+2/p-7. The SMILES string of the molecule is [Ba+2].[Ca+2].[Cl-].[Cl-].[Cl-].[Cl-].[Cl-].[Cl-].[Cl-].[Na+].[Sr+2]. The molecule has 0 nitrogen and oxygen atoms in total. The molecule has 11 heteroatoms. The van der Waals surface area contributed by atoms with Crippen LogP contribution in [0.3, 0.4) is 0 Å². The first-order chi connectivity index (χ1) is 0. The Morgan fingerprint density at radius 2 is 0.455 bits per heavy atom. The Kier molecular flexibility index (Phi) is 799. The van der Waals surface area contributed by atoms with Crippen molar-refractivity contribution in [1.82, 2.24) is 0 Å². The smallest absolute Gasteiger partial charge is 1.00 e. The maximum Gasteiger partial charge on any atom is 2.00 e. The second-order valence-electron chi connectivity index (χ2n) is 0. The van der Waals surface area contributed by atoms with Crippen LogP contribution in [0.2, 0.25) is 0 Å². The molecule has 0 aliphatic heterocycles. The molecule has 0 N–H and O–H groups in total. The third kappa shape index (κ3) is 75.7. The van der Waals surface area contributed by atoms with Crippen molar-refractivity contribution in [3.8, 4) is 0 Å². The number of hydrogen-bond donors (Lipinski definition) is 0. The second kappa shape index (κ2) is 85.9. The van der Waals surface area contributed by atoms with E-state index < -0.39 is 0 Å². The van der Waals surface area contributed by atoms with Gasteiger partial charge in [0.25, 0.3) is 0 Å². The summed E-state index contributed by atoms with van der Waals surface area (Å²) in [6.45, 7) is 0. The van der Waals surface area contributed by atoms with Crippen LogP contribution < -0.4 is 116 Å². The van der Waals surface area contributed by atoms with Gasteiger partial charge in [-0.05, 0) is 0 Å². The molecule has 0 atom stereocenters. The number of rotatable bonds is 0. The molecule has 0 bridgehead atoms. The molecule has 11 heavy (non-hydrogen) atoms. The fourth-order valence-corrected chi connectivity index (χ4v) is 0. The second-order valence-corrected chi connectivity index (χ2v) is 0. The van der Waals surface area contributed by atoms with E-state index in [1.54, 1.807) is 0 Å². The van der Waals surface area contributed by atoms with E-state index in [-0.39, 0.29) is 249 Å². The van der Waals surface area contributed by atoms with Crippen molar-refractivity contribution in [1.29, 1.82) is 0 Å². The third-order valence-electron chi connectivity index (χ3n) is 0. The minimum Gasteiger partial charge on any atom is -1.00 e. The van der Waals surface area contributed by atoms with Crippen molar-refractivity contribution in [3.05, 3.63) is 0 Å². The summed E-state index contributed by atoms with van der Waals surface area (Å²) in [5.74, 6) is 0. The molecule has 0 aromatic rings. The summed E-state index contributed by atoms with van der Waals surface area (Å²) in [5, 5.41) is 0. The van der Waals surface area contributed by atoms with Crippen LogP contribution in [0.4, 0.5) is 0 Å². The predicted octanol–water partition coefficient (Wildman–Crippen LogP) is -25.1. The van der Waals surface area contributed by atoms with Gasteiger partial charge in [-0.2, -0.15) is 0 Å². The third-order valence-corrected chi connectivity index (χ3v) is 0. The molecule has 0 spiro atoms. The quantitative estimate of drug-likeness (QED) is 0.270. The normalized spacial score (nSPS) is 0. The van der Waals surface area contributed by atoms with E-state index >= 15 is 0 Å². The van der Waals surface area contributed by atoms with Crippen LogP contribution in [0, 0.1) is 0 Å². The Bertz CT molecular complexity index is 18.4. The molecule has 0 unspecified atom stereocenters. The molecule has 0 aromatic heterocycles. The zero-order valence-corrected chi connectivity index (χ0v) is 23.2. The van der Waals surface area contributed by atoms with Gasteiger partial charge < -0.3 is 86.8 Å². The van der Waals surface area contributed by atoms with E-state index in [0.717, 1.165) is 0 Å². The Hall–Kier alpha value is 7.34. The average Bonchev–Trinajstić information content (AvgIpc) is 0. The summed E-state index contributed by atoms with van der Waals surface area (Å²) in [6, 6.07) is 0. The van der Waals surface area contributed by atoms with Gasteiger partial charge in [-0.15, -0.1) is 0 Å². The van der Waals surface area contributed by atoms with E-state index in [1.165, 1.54) is 0 Å². The fraction of sp³-hybridized carbons (Fsp3) is 0. The van der Waals surface area contributed by atoms with Crippen LogP contribution in [0.25, 0.3) is 0 Å². The van der Waals surface area contributed by atoms with Crippen molar-refractivity contribution < 1.29 is 116 Å². The van der Waals surface area contributed by atoms with E-state index in [1.807, 2.05) is 0 Å². The minimum absolute atomic E-state index is 0. The molecule has 0 aliphatic carbocycles. The number of hydrogen-bond acceptors (Lipinski definition) is 0. The Labute approximate surface area is 241 Å². The summed E-state index contributed by atoms with van der Waals surface area (Å²) in [6.07, 6.45) is 0. The van der Waals surface area contributed by atoms with Crippen molar-refractivity contribution in [3.63, 3.8) is 0 Å². The minimum atomic E-state index is 0. The van der Waals surface area contributed by atoms with Crippen molar-refractivity contribution in [2.75, 3.05) is 0 Å². The van der Waals surface area contributed by atoms with Crippen LogP contribution in [0.1, 0.15) is 0 Å². The summed E-state index contributed by atoms with van der Waals surface area (Å²) < 4.78 is 0. The summed E-state index contributed by atoms with van der Waals surface area (Å²) >= 11 is 0. The van der Waals surface area contributed by atoms with Crippen molar-refractivity contribution in [2.24, 2.45) is 0 Å². The molecule has 0 saturated heterocycles. The molecule has 0 radical (unpaired) electrons. The maximum atomic E-state index is 0. The van der Waals surface area contributed by atoms with Gasteiger partial charge in [-0.3, -0.25) is 0 Å². The van der Waals surface area contributed by atoms with Crippen LogP contribution >= 0.6 is 0 Å². The van der Waals surface area contributed by atoms with Crippen molar-refractivity contribution >= 4 is 132 Å². The summed E-state index contributed by atoms with van der Waals surface area (Å²) in [7, 11) is 0. The molecular formula is BaCaCl7NaSr. The van der Waals surface area contributed by atoms with Gasteiger partial charge in [0.15, 0.2) is 0 Å². The predicted molar refractivity (Wildman–Crippen MR) is 17.3 cm³/mol. The largest absolute Gasteiger partial charge is 2.00 e. The summed E-state index contributed by atoms with van der Waals surface area (Å²) in [4.78, 5) is 0. The first-order valence-corrected chi connectivity index (χ1v) is 0. The Balaban J connectivity index is 0.